The molecule has 1 aromatic rings. The van der Waals surface area contributed by atoms with Crippen molar-refractivity contribution in [1.29, 1.82) is 0 Å². The van der Waals surface area contributed by atoms with E-state index in [0.717, 1.165) is 6.21 Å². The normalized spacial score (nSPS) is 17.5. The number of benzene rings is 1. The fourth-order valence-corrected chi connectivity index (χ4v) is 1.74. The zero-order valence-corrected chi connectivity index (χ0v) is 12.3. The minimum absolute atomic E-state index is 0.238. The van der Waals surface area contributed by atoms with Crippen molar-refractivity contribution in [3.8, 4) is 0 Å². The van der Waals surface area contributed by atoms with Gasteiger partial charge in [0.2, 0.25) is 0 Å². The first-order valence-corrected chi connectivity index (χ1v) is 6.70. The van der Waals surface area contributed by atoms with E-state index in [1.54, 1.807) is 18.2 Å². The minimum atomic E-state index is -1.72. The molecule has 1 aromatic carbocycles. The number of halogens is 2. The van der Waals surface area contributed by atoms with Gasteiger partial charge in [0.1, 0.15) is 24.4 Å². The molecule has 0 fully saturated rings. The molecule has 0 unspecified atom stereocenters. The predicted molar refractivity (Wildman–Crippen MR) is 79.7 cm³/mol. The van der Waals surface area contributed by atoms with E-state index in [1.165, 1.54) is 0 Å². The molecule has 0 radical (unpaired) electrons. The van der Waals surface area contributed by atoms with Crippen LogP contribution < -0.4 is 5.43 Å². The lowest BCUT2D eigenvalue weighted by Gasteiger charge is -2.23. The molecule has 0 aliphatic rings. The van der Waals surface area contributed by atoms with Crippen LogP contribution in [0.3, 0.4) is 0 Å². The van der Waals surface area contributed by atoms with E-state index in [-0.39, 0.29) is 5.02 Å². The molecule has 0 aromatic heterocycles. The van der Waals surface area contributed by atoms with Crippen LogP contribution in [0.2, 0.25) is 10.0 Å². The summed E-state index contributed by atoms with van der Waals surface area (Å²) in [5.74, 6) is 0. The Morgan fingerprint density at radius 3 is 2.43 bits per heavy atom. The molecule has 21 heavy (non-hydrogen) atoms. The van der Waals surface area contributed by atoms with Crippen LogP contribution >= 0.6 is 23.2 Å². The van der Waals surface area contributed by atoms with Crippen LogP contribution in [0.5, 0.6) is 0 Å². The van der Waals surface area contributed by atoms with Crippen molar-refractivity contribution in [2.75, 3.05) is 12.0 Å². The molecule has 6 N–H and O–H groups in total. The Labute approximate surface area is 131 Å². The van der Waals surface area contributed by atoms with E-state index in [4.69, 9.17) is 33.4 Å². The molecular weight excluding hydrogens is 323 g/mol. The number of aliphatic hydroxyl groups excluding tert-OH is 5. The van der Waals surface area contributed by atoms with Gasteiger partial charge in [-0.05, 0) is 12.1 Å². The average molecular weight is 339 g/mol. The van der Waals surface area contributed by atoms with Gasteiger partial charge in [-0.2, -0.15) is 5.10 Å². The van der Waals surface area contributed by atoms with E-state index in [0.29, 0.717) is 10.7 Å². The van der Waals surface area contributed by atoms with Crippen LogP contribution in [0.15, 0.2) is 23.3 Å². The highest BCUT2D eigenvalue weighted by atomic mass is 35.5. The fourth-order valence-electron chi connectivity index (χ4n) is 1.40. The predicted octanol–water partition coefficient (Wildman–Crippen LogP) is -0.173. The van der Waals surface area contributed by atoms with E-state index in [9.17, 15) is 15.3 Å². The molecule has 7 nitrogen and oxygen atoms in total. The molecule has 0 saturated heterocycles. The Morgan fingerprint density at radius 2 is 1.81 bits per heavy atom. The minimum Gasteiger partial charge on any atom is -0.394 e. The molecule has 0 amide bonds. The topological polar surface area (TPSA) is 126 Å². The number of nitrogens with one attached hydrogen (secondary N) is 1. The lowest BCUT2D eigenvalue weighted by atomic mass is 10.0. The Hall–Kier alpha value is -0.930. The standard InChI is InChI=1S/C12H16Cl2N2O5/c13-6-2-1-3-7(10(6)14)16-15-4-8(18)11(20)12(21)9(19)5-17/h1-4,8-9,11-12,16-21H,5H2/b15-4+/t8-,9+,11+,12-/m0/s1. The summed E-state index contributed by atoms with van der Waals surface area (Å²) in [6.45, 7) is -0.752. The number of rotatable bonds is 7. The quantitative estimate of drug-likeness (QED) is 0.303. The summed E-state index contributed by atoms with van der Waals surface area (Å²) in [5, 5.41) is 50.5. The Morgan fingerprint density at radius 1 is 1.14 bits per heavy atom. The van der Waals surface area contributed by atoms with Crippen molar-refractivity contribution < 1.29 is 25.5 Å². The molecular formula is C12H16Cl2N2O5. The van der Waals surface area contributed by atoms with Crippen LogP contribution in [-0.4, -0.2) is 62.8 Å². The number of nitrogens with zero attached hydrogens (tertiary/aromatic N) is 1. The lowest BCUT2D eigenvalue weighted by Crippen LogP contribution is -2.46. The zero-order valence-electron chi connectivity index (χ0n) is 10.8. The smallest absolute Gasteiger partial charge is 0.119 e. The van der Waals surface area contributed by atoms with Gasteiger partial charge in [-0.25, -0.2) is 0 Å². The third-order valence-corrected chi connectivity index (χ3v) is 3.46. The SMILES string of the molecule is OC[C@@H](O)[C@H](O)[C@H](O)[C@@H](O)/C=N/Nc1cccc(Cl)c1Cl. The van der Waals surface area contributed by atoms with E-state index in [2.05, 4.69) is 10.5 Å². The second-order valence-corrected chi connectivity index (χ2v) is 5.00. The summed E-state index contributed by atoms with van der Waals surface area (Å²) in [6, 6.07) is 4.82. The van der Waals surface area contributed by atoms with Gasteiger partial charge in [-0.1, -0.05) is 29.3 Å². The van der Waals surface area contributed by atoms with Crippen molar-refractivity contribution >= 4 is 35.1 Å². The highest BCUT2D eigenvalue weighted by Crippen LogP contribution is 2.29. The largest absolute Gasteiger partial charge is 0.394 e. The second-order valence-electron chi connectivity index (χ2n) is 4.21. The van der Waals surface area contributed by atoms with Crippen molar-refractivity contribution in [3.63, 3.8) is 0 Å². The third kappa shape index (κ3) is 5.08. The number of aliphatic hydroxyl groups is 5. The van der Waals surface area contributed by atoms with Gasteiger partial charge in [0, 0.05) is 0 Å². The highest BCUT2D eigenvalue weighted by Gasteiger charge is 2.29. The summed E-state index contributed by atoms with van der Waals surface area (Å²) in [5.41, 5.74) is 2.90. The molecule has 4 atom stereocenters. The lowest BCUT2D eigenvalue weighted by molar-refractivity contribution is -0.0999. The Kier molecular flexibility index (Phi) is 7.33. The fraction of sp³-hybridized carbons (Fsp3) is 0.417. The number of hydrogen-bond donors (Lipinski definition) is 6. The number of hydrogen-bond acceptors (Lipinski definition) is 7. The average Bonchev–Trinajstić information content (AvgIpc) is 2.48. The molecule has 9 heteroatoms. The van der Waals surface area contributed by atoms with Crippen molar-refractivity contribution in [1.82, 2.24) is 0 Å². The molecule has 118 valence electrons. The molecule has 0 aliphatic carbocycles. The number of hydrazone groups is 1. The first-order chi connectivity index (χ1) is 9.88. The van der Waals surface area contributed by atoms with Crippen LogP contribution in [-0.2, 0) is 0 Å². The second kappa shape index (κ2) is 8.50. The van der Waals surface area contributed by atoms with Gasteiger partial charge < -0.3 is 25.5 Å². The summed E-state index contributed by atoms with van der Waals surface area (Å²) < 4.78 is 0. The molecule has 0 spiro atoms. The molecule has 0 heterocycles. The summed E-state index contributed by atoms with van der Waals surface area (Å²) in [7, 11) is 0. The first kappa shape index (κ1) is 18.1. The van der Waals surface area contributed by atoms with E-state index >= 15 is 0 Å². The first-order valence-electron chi connectivity index (χ1n) is 5.94. The van der Waals surface area contributed by atoms with Gasteiger partial charge in [0.05, 0.1) is 28.6 Å². The van der Waals surface area contributed by atoms with Crippen LogP contribution in [0.4, 0.5) is 5.69 Å². The summed E-state index contributed by atoms with van der Waals surface area (Å²) >= 11 is 11.7. The Bertz CT molecular complexity index is 489. The van der Waals surface area contributed by atoms with E-state index < -0.39 is 31.0 Å². The molecule has 0 bridgehead atoms. The molecule has 0 aliphatic heterocycles. The van der Waals surface area contributed by atoms with Gasteiger partial charge in [0.25, 0.3) is 0 Å². The monoisotopic (exact) mass is 338 g/mol. The van der Waals surface area contributed by atoms with Gasteiger partial charge in [-0.3, -0.25) is 5.43 Å². The zero-order chi connectivity index (χ0) is 16.0. The van der Waals surface area contributed by atoms with Crippen molar-refractivity contribution in [2.24, 2.45) is 5.10 Å². The maximum atomic E-state index is 9.58. The van der Waals surface area contributed by atoms with Crippen LogP contribution in [0.1, 0.15) is 0 Å². The van der Waals surface area contributed by atoms with Gasteiger partial charge >= 0.3 is 0 Å². The maximum absolute atomic E-state index is 9.58. The molecule has 0 saturated carbocycles. The Balaban J connectivity index is 2.62. The summed E-state index contributed by atoms with van der Waals surface area (Å²) in [6.07, 6.45) is -5.65. The van der Waals surface area contributed by atoms with Crippen LogP contribution in [0, 0.1) is 0 Å². The van der Waals surface area contributed by atoms with E-state index in [1.807, 2.05) is 0 Å². The number of anilines is 1. The highest BCUT2D eigenvalue weighted by molar-refractivity contribution is 6.43. The van der Waals surface area contributed by atoms with Gasteiger partial charge in [-0.15, -0.1) is 0 Å². The van der Waals surface area contributed by atoms with Crippen LogP contribution in [0.25, 0.3) is 0 Å². The summed E-state index contributed by atoms with van der Waals surface area (Å²) in [4.78, 5) is 0. The third-order valence-electron chi connectivity index (χ3n) is 2.64. The van der Waals surface area contributed by atoms with Gasteiger partial charge in [0.15, 0.2) is 0 Å². The molecule has 1 rings (SSSR count). The van der Waals surface area contributed by atoms with Crippen molar-refractivity contribution in [2.45, 2.75) is 24.4 Å². The maximum Gasteiger partial charge on any atom is 0.119 e. The van der Waals surface area contributed by atoms with Crippen molar-refractivity contribution in [3.05, 3.63) is 28.2 Å².